The summed E-state index contributed by atoms with van der Waals surface area (Å²) in [4.78, 5) is 9.34. The molecule has 3 aromatic carbocycles. The van der Waals surface area contributed by atoms with Crippen molar-refractivity contribution in [3.8, 4) is 22.8 Å². The van der Waals surface area contributed by atoms with Crippen molar-refractivity contribution in [3.05, 3.63) is 59.9 Å². The molecule has 0 saturated carbocycles. The zero-order chi connectivity index (χ0) is 22.0. The second-order valence-corrected chi connectivity index (χ2v) is 11.2. The molecule has 3 nitrogen and oxygen atoms in total. The van der Waals surface area contributed by atoms with E-state index in [2.05, 4.69) is 89.0 Å². The highest BCUT2D eigenvalue weighted by Crippen LogP contribution is 2.50. The minimum Gasteiger partial charge on any atom is -0.456 e. The van der Waals surface area contributed by atoms with Gasteiger partial charge in [-0.05, 0) is 58.2 Å². The number of ether oxygens (including phenoxy) is 1. The monoisotopic (exact) mass is 410 g/mol. The van der Waals surface area contributed by atoms with Gasteiger partial charge in [-0.3, -0.25) is 0 Å². The van der Waals surface area contributed by atoms with E-state index in [0.29, 0.717) is 0 Å². The maximum absolute atomic E-state index is 6.71. The first-order valence-electron chi connectivity index (χ1n) is 11.1. The van der Waals surface area contributed by atoms with Crippen molar-refractivity contribution in [3.63, 3.8) is 0 Å². The first-order valence-corrected chi connectivity index (χ1v) is 11.1. The fourth-order valence-electron chi connectivity index (χ4n) is 4.72. The summed E-state index contributed by atoms with van der Waals surface area (Å²) in [6, 6.07) is 15.2. The Morgan fingerprint density at radius 2 is 1.58 bits per heavy atom. The largest absolute Gasteiger partial charge is 0.456 e. The summed E-state index contributed by atoms with van der Waals surface area (Å²) < 4.78 is 6.71. The molecular weight excluding hydrogens is 380 g/mol. The van der Waals surface area contributed by atoms with Crippen molar-refractivity contribution in [1.29, 1.82) is 0 Å². The Kier molecular flexibility index (Phi) is 4.37. The van der Waals surface area contributed by atoms with Crippen molar-refractivity contribution < 1.29 is 4.74 Å². The van der Waals surface area contributed by atoms with Gasteiger partial charge in [0, 0.05) is 11.1 Å². The van der Waals surface area contributed by atoms with Crippen LogP contribution in [0.1, 0.15) is 52.7 Å². The molecule has 1 aromatic heterocycles. The molecule has 0 aliphatic carbocycles. The van der Waals surface area contributed by atoms with Gasteiger partial charge in [0.25, 0.3) is 0 Å². The Hall–Kier alpha value is -2.94. The summed E-state index contributed by atoms with van der Waals surface area (Å²) in [5, 5.41) is 3.50. The zero-order valence-corrected chi connectivity index (χ0v) is 19.3. The third kappa shape index (κ3) is 3.67. The molecule has 31 heavy (non-hydrogen) atoms. The minimum absolute atomic E-state index is 0.136. The predicted molar refractivity (Wildman–Crippen MR) is 129 cm³/mol. The maximum atomic E-state index is 6.71. The van der Waals surface area contributed by atoms with Crippen molar-refractivity contribution in [2.75, 3.05) is 0 Å². The van der Waals surface area contributed by atoms with Gasteiger partial charge in [-0.2, -0.15) is 0 Å². The molecule has 0 spiro atoms. The number of benzene rings is 3. The molecule has 5 rings (SSSR count). The van der Waals surface area contributed by atoms with Crippen LogP contribution in [0.2, 0.25) is 0 Å². The van der Waals surface area contributed by atoms with Crippen LogP contribution >= 0.6 is 0 Å². The molecule has 4 aromatic rings. The number of aromatic nitrogens is 2. The van der Waals surface area contributed by atoms with Crippen molar-refractivity contribution in [2.45, 2.75) is 54.4 Å². The van der Waals surface area contributed by atoms with E-state index in [1.807, 2.05) is 0 Å². The maximum Gasteiger partial charge on any atom is 0.140 e. The van der Waals surface area contributed by atoms with Crippen LogP contribution < -0.4 is 4.74 Å². The Balaban J connectivity index is 1.80. The summed E-state index contributed by atoms with van der Waals surface area (Å²) >= 11 is 0. The third-order valence-corrected chi connectivity index (χ3v) is 5.77. The molecule has 158 valence electrons. The molecule has 0 N–H and O–H groups in total. The molecule has 0 radical (unpaired) electrons. The molecule has 0 bridgehead atoms. The molecule has 0 saturated heterocycles. The fourth-order valence-corrected chi connectivity index (χ4v) is 4.72. The van der Waals surface area contributed by atoms with Gasteiger partial charge in [0.2, 0.25) is 0 Å². The van der Waals surface area contributed by atoms with Gasteiger partial charge in [-0.15, -0.1) is 0 Å². The topological polar surface area (TPSA) is 35.0 Å². The summed E-state index contributed by atoms with van der Waals surface area (Å²) in [6.07, 6.45) is 3.59. The van der Waals surface area contributed by atoms with Crippen molar-refractivity contribution in [2.24, 2.45) is 10.8 Å². The molecule has 3 heteroatoms. The van der Waals surface area contributed by atoms with E-state index in [4.69, 9.17) is 9.72 Å². The van der Waals surface area contributed by atoms with Gasteiger partial charge in [0.15, 0.2) is 0 Å². The average Bonchev–Trinajstić information content (AvgIpc) is 2.66. The first-order chi connectivity index (χ1) is 14.6. The van der Waals surface area contributed by atoms with Crippen LogP contribution in [-0.4, -0.2) is 9.97 Å². The van der Waals surface area contributed by atoms with Gasteiger partial charge in [-0.25, -0.2) is 9.97 Å². The lowest BCUT2D eigenvalue weighted by Gasteiger charge is -2.28. The molecule has 0 atom stereocenters. The second-order valence-electron chi connectivity index (χ2n) is 11.2. The average molecular weight is 411 g/mol. The smallest absolute Gasteiger partial charge is 0.140 e. The number of nitrogens with zero attached hydrogens (tertiary/aromatic N) is 2. The predicted octanol–water partition coefficient (Wildman–Crippen LogP) is 7.73. The van der Waals surface area contributed by atoms with E-state index in [0.717, 1.165) is 46.5 Å². The quantitative estimate of drug-likeness (QED) is 0.299. The van der Waals surface area contributed by atoms with Crippen LogP contribution in [0.5, 0.6) is 11.5 Å². The zero-order valence-electron chi connectivity index (χ0n) is 19.3. The molecule has 1 aliphatic rings. The van der Waals surface area contributed by atoms with E-state index >= 15 is 0 Å². The van der Waals surface area contributed by atoms with E-state index in [1.165, 1.54) is 21.9 Å². The van der Waals surface area contributed by atoms with Crippen molar-refractivity contribution >= 4 is 21.7 Å². The Morgan fingerprint density at radius 1 is 0.839 bits per heavy atom. The number of hydrogen-bond acceptors (Lipinski definition) is 3. The SMILES string of the molecule is CC(C)(C)Cc1cc2c3c(ncnc3c1)-c1cc3ccccc3c(CC(C)(C)C)c1O2. The van der Waals surface area contributed by atoms with Gasteiger partial charge < -0.3 is 4.74 Å². The Bertz CT molecular complexity index is 1320. The summed E-state index contributed by atoms with van der Waals surface area (Å²) in [5.41, 5.74) is 5.84. The van der Waals surface area contributed by atoms with Crippen LogP contribution in [0.3, 0.4) is 0 Å². The summed E-state index contributed by atoms with van der Waals surface area (Å²) in [5.74, 6) is 1.83. The molecule has 0 fully saturated rings. The van der Waals surface area contributed by atoms with Crippen LogP contribution in [0.4, 0.5) is 0 Å². The standard InChI is InChI=1S/C28H30N2O/c1-27(2,3)14-17-11-22-24-23(12-17)31-26-20(25(24)30-16-29-22)13-18-9-7-8-10-19(18)21(26)15-28(4,5)6/h7-13,16H,14-15H2,1-6H3. The minimum atomic E-state index is 0.136. The lowest BCUT2D eigenvalue weighted by atomic mass is 9.83. The fraction of sp³-hybridized carbons (Fsp3) is 0.357. The highest BCUT2D eigenvalue weighted by Gasteiger charge is 2.28. The third-order valence-electron chi connectivity index (χ3n) is 5.77. The van der Waals surface area contributed by atoms with E-state index in [-0.39, 0.29) is 10.8 Å². The number of fused-ring (bicyclic) bond motifs is 3. The first kappa shape index (κ1) is 20.0. The lowest BCUT2D eigenvalue weighted by molar-refractivity contribution is 0.398. The van der Waals surface area contributed by atoms with Gasteiger partial charge >= 0.3 is 0 Å². The summed E-state index contributed by atoms with van der Waals surface area (Å²) in [7, 11) is 0. The summed E-state index contributed by atoms with van der Waals surface area (Å²) in [6.45, 7) is 13.6. The van der Waals surface area contributed by atoms with E-state index in [1.54, 1.807) is 6.33 Å². The Labute approximate surface area is 184 Å². The number of hydrogen-bond donors (Lipinski definition) is 0. The van der Waals surface area contributed by atoms with Crippen molar-refractivity contribution in [1.82, 2.24) is 9.97 Å². The highest BCUT2D eigenvalue weighted by atomic mass is 16.5. The van der Waals surface area contributed by atoms with E-state index in [9.17, 15) is 0 Å². The van der Waals surface area contributed by atoms with E-state index < -0.39 is 0 Å². The Morgan fingerprint density at radius 3 is 2.32 bits per heavy atom. The number of rotatable bonds is 2. The van der Waals surface area contributed by atoms with Crippen LogP contribution in [0, 0.1) is 10.8 Å². The molecular formula is C28H30N2O. The molecule has 0 unspecified atom stereocenters. The normalized spacial score (nSPS) is 13.4. The van der Waals surface area contributed by atoms with Crippen LogP contribution in [-0.2, 0) is 12.8 Å². The van der Waals surface area contributed by atoms with Gasteiger partial charge in [0.05, 0.1) is 16.6 Å². The second kappa shape index (κ2) is 6.78. The highest BCUT2D eigenvalue weighted by molar-refractivity contribution is 6.04. The molecule has 0 amide bonds. The lowest BCUT2D eigenvalue weighted by Crippen LogP contribution is -2.13. The molecule has 2 heterocycles. The van der Waals surface area contributed by atoms with Gasteiger partial charge in [0.1, 0.15) is 17.8 Å². The van der Waals surface area contributed by atoms with Gasteiger partial charge in [-0.1, -0.05) is 65.8 Å². The van der Waals surface area contributed by atoms with Crippen LogP contribution in [0.25, 0.3) is 32.9 Å². The van der Waals surface area contributed by atoms with Crippen LogP contribution in [0.15, 0.2) is 48.8 Å². The molecule has 1 aliphatic heterocycles.